The summed E-state index contributed by atoms with van der Waals surface area (Å²) in [5, 5.41) is 0. The number of aryl methyl sites for hydroxylation is 1. The van der Waals surface area contributed by atoms with Crippen LogP contribution in [0.1, 0.15) is 87.4 Å². The first-order valence-electron chi connectivity index (χ1n) is 22.0. The first kappa shape index (κ1) is 46.7. The van der Waals surface area contributed by atoms with Crippen molar-refractivity contribution in [1.82, 2.24) is 0 Å². The van der Waals surface area contributed by atoms with E-state index in [4.69, 9.17) is 18.9 Å². The van der Waals surface area contributed by atoms with Crippen molar-refractivity contribution in [3.05, 3.63) is 238 Å². The van der Waals surface area contributed by atoms with Gasteiger partial charge in [-0.25, -0.2) is 0 Å². The average Bonchev–Trinajstić information content (AvgIpc) is 3.34. The summed E-state index contributed by atoms with van der Waals surface area (Å²) < 4.78 is 56.7. The highest BCUT2D eigenvalue weighted by Crippen LogP contribution is 2.37. The van der Waals surface area contributed by atoms with Crippen molar-refractivity contribution in [1.29, 1.82) is 0 Å². The number of carbonyl (C=O) groups is 2. The van der Waals surface area contributed by atoms with Crippen LogP contribution in [0.3, 0.4) is 0 Å². The standard InChI is InChI=1S/C58H50O9S/c1-38-7-8-42(37-54(38)68(61,62)63)56(60)41-13-27-50(28-14-41)67-53-35-21-46(22-36-53)58(4,5)45-19-33-52(34-20-45)66-49-25-11-40(12-26-49)55(59)39-9-23-48(24-10-39)65-51-31-17-44(18-32-51)57(2,3)43-15-29-47(64-6)30-16-43/h7-37H,1-6H3,(H,61,62,63). The Labute approximate surface area is 397 Å². The first-order chi connectivity index (χ1) is 32.5. The number of methoxy groups -OCH3 is 1. The van der Waals surface area contributed by atoms with Gasteiger partial charge in [0.15, 0.2) is 11.6 Å². The molecule has 10 heteroatoms. The zero-order valence-corrected chi connectivity index (χ0v) is 39.3. The Morgan fingerprint density at radius 1 is 0.397 bits per heavy atom. The Hall–Kier alpha value is -7.79. The van der Waals surface area contributed by atoms with E-state index in [2.05, 4.69) is 52.0 Å². The van der Waals surface area contributed by atoms with Crippen LogP contribution in [0.4, 0.5) is 0 Å². The van der Waals surface area contributed by atoms with E-state index in [-0.39, 0.29) is 32.9 Å². The SMILES string of the molecule is COc1ccc(C(C)(C)c2ccc(Oc3ccc(C(=O)c4ccc(Oc5ccc(C(C)(C)c6ccc(Oc7ccc(C(=O)c8ccc(C)c(S(=O)(=O)O)c8)cc7)cc6)cc5)cc4)cc3)cc2)cc1. The van der Waals surface area contributed by atoms with Gasteiger partial charge < -0.3 is 18.9 Å². The number of rotatable bonds is 16. The Morgan fingerprint density at radius 3 is 0.926 bits per heavy atom. The summed E-state index contributed by atoms with van der Waals surface area (Å²) >= 11 is 0. The van der Waals surface area contributed by atoms with Crippen LogP contribution in [0.15, 0.2) is 193 Å². The molecule has 9 nitrogen and oxygen atoms in total. The second-order valence-electron chi connectivity index (χ2n) is 17.5. The molecule has 8 aromatic carbocycles. The molecule has 0 saturated heterocycles. The molecule has 0 aliphatic rings. The summed E-state index contributed by atoms with van der Waals surface area (Å²) in [6, 6.07) is 56.9. The van der Waals surface area contributed by atoms with E-state index in [1.165, 1.54) is 23.8 Å². The third-order valence-electron chi connectivity index (χ3n) is 12.3. The largest absolute Gasteiger partial charge is 0.497 e. The lowest BCUT2D eigenvalue weighted by Gasteiger charge is -2.26. The molecule has 0 unspecified atom stereocenters. The smallest absolute Gasteiger partial charge is 0.294 e. The van der Waals surface area contributed by atoms with Crippen LogP contribution in [0.5, 0.6) is 40.2 Å². The monoisotopic (exact) mass is 922 g/mol. The fourth-order valence-corrected chi connectivity index (χ4v) is 8.69. The van der Waals surface area contributed by atoms with E-state index in [1.54, 1.807) is 86.8 Å². The third-order valence-corrected chi connectivity index (χ3v) is 13.3. The summed E-state index contributed by atoms with van der Waals surface area (Å²) in [5.41, 5.74) is 5.85. The maximum absolute atomic E-state index is 13.4. The minimum absolute atomic E-state index is 0.108. The zero-order chi connectivity index (χ0) is 48.2. The van der Waals surface area contributed by atoms with Gasteiger partial charge in [0.05, 0.1) is 12.0 Å². The van der Waals surface area contributed by atoms with Crippen molar-refractivity contribution in [3.63, 3.8) is 0 Å². The van der Waals surface area contributed by atoms with Crippen LogP contribution in [0.2, 0.25) is 0 Å². The van der Waals surface area contributed by atoms with E-state index in [0.717, 1.165) is 22.4 Å². The van der Waals surface area contributed by atoms with Gasteiger partial charge in [-0.3, -0.25) is 14.1 Å². The molecule has 0 bridgehead atoms. The third kappa shape index (κ3) is 10.4. The number of hydrogen-bond acceptors (Lipinski definition) is 8. The topological polar surface area (TPSA) is 125 Å². The van der Waals surface area contributed by atoms with Crippen molar-refractivity contribution in [2.24, 2.45) is 0 Å². The molecule has 0 radical (unpaired) electrons. The summed E-state index contributed by atoms with van der Waals surface area (Å²) in [7, 11) is -2.80. The van der Waals surface area contributed by atoms with Gasteiger partial charge in [-0.1, -0.05) is 88.4 Å². The number of ketones is 2. The Balaban J connectivity index is 0.831. The molecule has 1 N–H and O–H groups in total. The first-order valence-corrected chi connectivity index (χ1v) is 23.4. The molecule has 0 amide bonds. The van der Waals surface area contributed by atoms with Gasteiger partial charge in [0.2, 0.25) is 0 Å². The van der Waals surface area contributed by atoms with Crippen molar-refractivity contribution in [2.75, 3.05) is 7.11 Å². The van der Waals surface area contributed by atoms with E-state index in [1.807, 2.05) is 72.8 Å². The number of benzene rings is 8. The number of ether oxygens (including phenoxy) is 4. The van der Waals surface area contributed by atoms with Gasteiger partial charge in [0, 0.05) is 33.1 Å². The minimum atomic E-state index is -4.47. The molecule has 342 valence electrons. The summed E-state index contributed by atoms with van der Waals surface area (Å²) in [4.78, 5) is 26.2. The van der Waals surface area contributed by atoms with Crippen LogP contribution in [-0.2, 0) is 20.9 Å². The van der Waals surface area contributed by atoms with E-state index >= 15 is 0 Å². The Kier molecular flexibility index (Phi) is 13.2. The predicted octanol–water partition coefficient (Wildman–Crippen LogP) is 13.7. The molecule has 0 aliphatic carbocycles. The van der Waals surface area contributed by atoms with Gasteiger partial charge >= 0.3 is 0 Å². The lowest BCUT2D eigenvalue weighted by atomic mass is 9.78. The normalized spacial score (nSPS) is 11.7. The number of carbonyl (C=O) groups excluding carboxylic acids is 2. The molecule has 68 heavy (non-hydrogen) atoms. The maximum atomic E-state index is 13.4. The molecule has 0 aromatic heterocycles. The predicted molar refractivity (Wildman–Crippen MR) is 264 cm³/mol. The Bertz CT molecular complexity index is 3180. The van der Waals surface area contributed by atoms with Gasteiger partial charge in [0.25, 0.3) is 10.1 Å². The minimum Gasteiger partial charge on any atom is -0.497 e. The van der Waals surface area contributed by atoms with Crippen LogP contribution < -0.4 is 18.9 Å². The highest BCUT2D eigenvalue weighted by molar-refractivity contribution is 7.85. The van der Waals surface area contributed by atoms with Gasteiger partial charge in [-0.15, -0.1) is 0 Å². The van der Waals surface area contributed by atoms with Crippen molar-refractivity contribution < 1.29 is 41.5 Å². The lowest BCUT2D eigenvalue weighted by Crippen LogP contribution is -2.18. The zero-order valence-electron chi connectivity index (χ0n) is 38.5. The van der Waals surface area contributed by atoms with Crippen molar-refractivity contribution in [2.45, 2.75) is 50.3 Å². The second kappa shape index (κ2) is 19.2. The quantitative estimate of drug-likeness (QED) is 0.0744. The lowest BCUT2D eigenvalue weighted by molar-refractivity contribution is 0.103. The van der Waals surface area contributed by atoms with Crippen LogP contribution >= 0.6 is 0 Å². The van der Waals surface area contributed by atoms with E-state index < -0.39 is 10.1 Å². The molecular formula is C58H50O9S. The van der Waals surface area contributed by atoms with Gasteiger partial charge in [-0.2, -0.15) is 8.42 Å². The maximum Gasteiger partial charge on any atom is 0.294 e. The second-order valence-corrected chi connectivity index (χ2v) is 18.9. The van der Waals surface area contributed by atoms with Gasteiger partial charge in [0.1, 0.15) is 40.2 Å². The fourth-order valence-electron chi connectivity index (χ4n) is 7.94. The summed E-state index contributed by atoms with van der Waals surface area (Å²) in [6.45, 7) is 10.2. The average molecular weight is 923 g/mol. The molecule has 0 saturated carbocycles. The highest BCUT2D eigenvalue weighted by atomic mass is 32.2. The molecular weight excluding hydrogens is 873 g/mol. The molecule has 0 heterocycles. The molecule has 0 aliphatic heterocycles. The molecule has 0 spiro atoms. The van der Waals surface area contributed by atoms with Gasteiger partial charge in [-0.05, 0) is 162 Å². The fraction of sp³-hybridized carbons (Fsp3) is 0.138. The van der Waals surface area contributed by atoms with Crippen LogP contribution in [0, 0.1) is 6.92 Å². The summed E-state index contributed by atoms with van der Waals surface area (Å²) in [5.74, 6) is 4.07. The number of hydrogen-bond donors (Lipinski definition) is 1. The van der Waals surface area contributed by atoms with Crippen LogP contribution in [-0.4, -0.2) is 31.6 Å². The van der Waals surface area contributed by atoms with E-state index in [0.29, 0.717) is 56.8 Å². The molecule has 0 fully saturated rings. The van der Waals surface area contributed by atoms with Crippen LogP contribution in [0.25, 0.3) is 0 Å². The summed E-state index contributed by atoms with van der Waals surface area (Å²) in [6.07, 6.45) is 0. The highest BCUT2D eigenvalue weighted by Gasteiger charge is 2.25. The van der Waals surface area contributed by atoms with E-state index in [9.17, 15) is 22.6 Å². The van der Waals surface area contributed by atoms with Crippen molar-refractivity contribution in [3.8, 4) is 40.2 Å². The molecule has 8 aromatic rings. The Morgan fingerprint density at radius 2 is 0.647 bits per heavy atom. The molecule has 0 atom stereocenters. The van der Waals surface area contributed by atoms with Crippen molar-refractivity contribution >= 4 is 21.7 Å². The molecule has 8 rings (SSSR count).